The average molecular weight is 245 g/mol. The molecule has 0 nitrogen and oxygen atoms in total. The van der Waals surface area contributed by atoms with E-state index in [1.807, 2.05) is 0 Å². The van der Waals surface area contributed by atoms with Gasteiger partial charge in [-0.3, -0.25) is 0 Å². The molecule has 0 aliphatic heterocycles. The second-order valence-electron chi connectivity index (χ2n) is 5.30. The molecular weight excluding hydrogens is 211 g/mol. The van der Waals surface area contributed by atoms with Crippen molar-refractivity contribution in [2.24, 2.45) is 0 Å². The van der Waals surface area contributed by atoms with Gasteiger partial charge in [-0.05, 0) is 25.7 Å². The topological polar surface area (TPSA) is 0 Å². The van der Waals surface area contributed by atoms with Gasteiger partial charge in [-0.2, -0.15) is 0 Å². The average Bonchev–Trinajstić information content (AvgIpc) is 2.27. The van der Waals surface area contributed by atoms with E-state index in [1.165, 1.54) is 44.9 Å². The van der Waals surface area contributed by atoms with Crippen LogP contribution in [0.3, 0.4) is 0 Å². The molecule has 0 saturated carbocycles. The van der Waals surface area contributed by atoms with Crippen LogP contribution in [0.25, 0.3) is 0 Å². The monoisotopic (exact) mass is 245 g/mol. The standard InChI is InChI=1S/C15H34P/c1-5-9-11-15-16(12-7-3,13-8-4)14-10-6-2/h5-15H2,1-4H3/q+1. The van der Waals surface area contributed by atoms with Gasteiger partial charge in [0.15, 0.2) is 0 Å². The third-order valence-corrected chi connectivity index (χ3v) is 8.94. The molecule has 0 aromatic rings. The summed E-state index contributed by atoms with van der Waals surface area (Å²) >= 11 is 0. The Balaban J connectivity index is 4.24. The summed E-state index contributed by atoms with van der Waals surface area (Å²) in [5.74, 6) is 0. The molecule has 0 heterocycles. The van der Waals surface area contributed by atoms with E-state index in [9.17, 15) is 0 Å². The Bertz CT molecular complexity index is 136. The summed E-state index contributed by atoms with van der Waals surface area (Å²) in [6.45, 7) is 9.44. The van der Waals surface area contributed by atoms with Gasteiger partial charge < -0.3 is 0 Å². The Kier molecular flexibility index (Phi) is 10.9. The Morgan fingerprint density at radius 2 is 1.00 bits per heavy atom. The molecule has 0 N–H and O–H groups in total. The van der Waals surface area contributed by atoms with E-state index in [-0.39, 0.29) is 0 Å². The second kappa shape index (κ2) is 10.6. The lowest BCUT2D eigenvalue weighted by Gasteiger charge is -2.27. The summed E-state index contributed by atoms with van der Waals surface area (Å²) in [6.07, 6.45) is 16.4. The zero-order valence-corrected chi connectivity index (χ0v) is 13.1. The summed E-state index contributed by atoms with van der Waals surface area (Å²) in [6, 6.07) is 0. The van der Waals surface area contributed by atoms with Crippen LogP contribution in [0, 0.1) is 0 Å². The van der Waals surface area contributed by atoms with Crippen LogP contribution in [0.2, 0.25) is 0 Å². The molecule has 0 saturated heterocycles. The van der Waals surface area contributed by atoms with E-state index in [1.54, 1.807) is 24.6 Å². The molecule has 0 radical (unpaired) electrons. The summed E-state index contributed by atoms with van der Waals surface area (Å²) < 4.78 is 0. The predicted octanol–water partition coefficient (Wildman–Crippen LogP) is 5.81. The number of rotatable bonds is 11. The maximum atomic E-state index is 2.39. The third-order valence-electron chi connectivity index (χ3n) is 3.62. The van der Waals surface area contributed by atoms with Crippen LogP contribution in [0.4, 0.5) is 0 Å². The third kappa shape index (κ3) is 6.89. The minimum absolute atomic E-state index is 0.542. The molecule has 0 bridgehead atoms. The van der Waals surface area contributed by atoms with E-state index < -0.39 is 7.26 Å². The van der Waals surface area contributed by atoms with Gasteiger partial charge in [0.25, 0.3) is 0 Å². The molecule has 98 valence electrons. The lowest BCUT2D eigenvalue weighted by molar-refractivity contribution is 0.766. The van der Waals surface area contributed by atoms with E-state index in [0.717, 1.165) is 0 Å². The Labute approximate surface area is 105 Å². The van der Waals surface area contributed by atoms with Crippen molar-refractivity contribution in [1.29, 1.82) is 0 Å². The first-order chi connectivity index (χ1) is 7.74. The van der Waals surface area contributed by atoms with Gasteiger partial charge in [-0.25, -0.2) is 0 Å². The second-order valence-corrected chi connectivity index (χ2v) is 9.77. The molecule has 0 aliphatic carbocycles. The largest absolute Gasteiger partial charge is 0.0654 e. The van der Waals surface area contributed by atoms with Gasteiger partial charge in [-0.15, -0.1) is 0 Å². The first-order valence-corrected chi connectivity index (χ1v) is 10.1. The van der Waals surface area contributed by atoms with Crippen LogP contribution in [0.15, 0.2) is 0 Å². The first-order valence-electron chi connectivity index (χ1n) is 7.59. The minimum Gasteiger partial charge on any atom is -0.0654 e. The lowest BCUT2D eigenvalue weighted by atomic mass is 10.3. The van der Waals surface area contributed by atoms with Crippen LogP contribution >= 0.6 is 7.26 Å². The Morgan fingerprint density at radius 3 is 1.44 bits per heavy atom. The van der Waals surface area contributed by atoms with Crippen LogP contribution in [0.5, 0.6) is 0 Å². The lowest BCUT2D eigenvalue weighted by Crippen LogP contribution is -2.12. The van der Waals surface area contributed by atoms with Crippen LogP contribution in [-0.4, -0.2) is 24.6 Å². The number of hydrogen-bond donors (Lipinski definition) is 0. The van der Waals surface area contributed by atoms with Crippen LogP contribution < -0.4 is 0 Å². The van der Waals surface area contributed by atoms with Gasteiger partial charge in [0.05, 0.1) is 24.6 Å². The minimum atomic E-state index is -0.542. The van der Waals surface area contributed by atoms with Gasteiger partial charge >= 0.3 is 0 Å². The molecule has 0 aromatic carbocycles. The van der Waals surface area contributed by atoms with Crippen molar-refractivity contribution in [3.8, 4) is 0 Å². The van der Waals surface area contributed by atoms with Gasteiger partial charge in [0.2, 0.25) is 0 Å². The molecule has 0 atom stereocenters. The molecule has 0 spiro atoms. The van der Waals surface area contributed by atoms with Crippen molar-refractivity contribution in [3.05, 3.63) is 0 Å². The molecule has 0 fully saturated rings. The first kappa shape index (κ1) is 16.4. The van der Waals surface area contributed by atoms with Gasteiger partial charge in [0, 0.05) is 7.26 Å². The smallest absolute Gasteiger partial charge is 0.0594 e. The molecule has 0 aromatic heterocycles. The summed E-state index contributed by atoms with van der Waals surface area (Å²) in [5, 5.41) is 0. The summed E-state index contributed by atoms with van der Waals surface area (Å²) in [4.78, 5) is 0. The normalized spacial score (nSPS) is 12.0. The highest BCUT2D eigenvalue weighted by atomic mass is 31.2. The molecule has 0 aliphatic rings. The SMILES string of the molecule is CCCCC[P+](CCC)(CCC)CCCC. The maximum Gasteiger partial charge on any atom is 0.0594 e. The van der Waals surface area contributed by atoms with Crippen molar-refractivity contribution in [3.63, 3.8) is 0 Å². The maximum absolute atomic E-state index is 2.39. The highest BCUT2D eigenvalue weighted by Crippen LogP contribution is 2.60. The Morgan fingerprint density at radius 1 is 0.500 bits per heavy atom. The predicted molar refractivity (Wildman–Crippen MR) is 81.4 cm³/mol. The zero-order valence-electron chi connectivity index (χ0n) is 12.2. The van der Waals surface area contributed by atoms with Crippen LogP contribution in [-0.2, 0) is 0 Å². The quantitative estimate of drug-likeness (QED) is 0.318. The molecule has 0 unspecified atom stereocenters. The molecule has 0 amide bonds. The number of unbranched alkanes of at least 4 members (excludes halogenated alkanes) is 3. The van der Waals surface area contributed by atoms with Crippen molar-refractivity contribution >= 4 is 7.26 Å². The molecule has 16 heavy (non-hydrogen) atoms. The summed E-state index contributed by atoms with van der Waals surface area (Å²) in [5.41, 5.74) is 0. The Hall–Kier alpha value is 0.430. The van der Waals surface area contributed by atoms with E-state index >= 15 is 0 Å². The van der Waals surface area contributed by atoms with Crippen molar-refractivity contribution in [2.75, 3.05) is 24.6 Å². The summed E-state index contributed by atoms with van der Waals surface area (Å²) in [7, 11) is -0.542. The van der Waals surface area contributed by atoms with Gasteiger partial charge in [0.1, 0.15) is 0 Å². The number of hydrogen-bond acceptors (Lipinski definition) is 0. The van der Waals surface area contributed by atoms with E-state index in [4.69, 9.17) is 0 Å². The van der Waals surface area contributed by atoms with Crippen LogP contribution in [0.1, 0.15) is 72.6 Å². The van der Waals surface area contributed by atoms with E-state index in [0.29, 0.717) is 0 Å². The zero-order chi connectivity index (χ0) is 12.3. The highest BCUT2D eigenvalue weighted by Gasteiger charge is 2.33. The van der Waals surface area contributed by atoms with Crippen molar-refractivity contribution in [1.82, 2.24) is 0 Å². The van der Waals surface area contributed by atoms with Crippen molar-refractivity contribution in [2.45, 2.75) is 72.6 Å². The fourth-order valence-corrected chi connectivity index (χ4v) is 7.93. The molecule has 0 rings (SSSR count). The fourth-order valence-electron chi connectivity index (χ4n) is 2.81. The fraction of sp³-hybridized carbons (Fsp3) is 1.00. The highest BCUT2D eigenvalue weighted by molar-refractivity contribution is 7.75. The van der Waals surface area contributed by atoms with Crippen molar-refractivity contribution < 1.29 is 0 Å². The molecular formula is C15H34P+. The molecule has 1 heteroatoms. The van der Waals surface area contributed by atoms with E-state index in [2.05, 4.69) is 27.7 Å². The van der Waals surface area contributed by atoms with Gasteiger partial charge in [-0.1, -0.05) is 47.0 Å².